The van der Waals surface area contributed by atoms with Crippen molar-refractivity contribution in [3.63, 3.8) is 0 Å². The fraction of sp³-hybridized carbons (Fsp3) is 0.556. The molecule has 1 heterocycles. The van der Waals surface area contributed by atoms with Crippen LogP contribution >= 0.6 is 0 Å². The maximum Gasteiger partial charge on any atom is 0.0996 e. The van der Waals surface area contributed by atoms with E-state index in [0.29, 0.717) is 0 Å². The monoisotopic (exact) mass is 151 g/mol. The van der Waals surface area contributed by atoms with Crippen LogP contribution in [0.15, 0.2) is 23.1 Å². The number of allylic oxidation sites excluding steroid dienone is 4. The summed E-state index contributed by atoms with van der Waals surface area (Å²) in [7, 11) is 0. The summed E-state index contributed by atoms with van der Waals surface area (Å²) in [6.07, 6.45) is 6.35. The summed E-state index contributed by atoms with van der Waals surface area (Å²) >= 11 is 0. The highest BCUT2D eigenvalue weighted by atomic mass is 16.5. The van der Waals surface area contributed by atoms with Gasteiger partial charge in [0, 0.05) is 12.1 Å². The van der Waals surface area contributed by atoms with Crippen LogP contribution in [-0.2, 0) is 4.74 Å². The van der Waals surface area contributed by atoms with Gasteiger partial charge in [0.05, 0.1) is 12.4 Å². The van der Waals surface area contributed by atoms with Gasteiger partial charge in [0.1, 0.15) is 0 Å². The molecule has 1 aliphatic carbocycles. The van der Waals surface area contributed by atoms with Crippen molar-refractivity contribution in [2.45, 2.75) is 25.7 Å². The molecule has 0 spiro atoms. The van der Waals surface area contributed by atoms with Gasteiger partial charge in [0.15, 0.2) is 0 Å². The zero-order chi connectivity index (χ0) is 7.68. The van der Waals surface area contributed by atoms with Gasteiger partial charge in [-0.2, -0.15) is 0 Å². The zero-order valence-corrected chi connectivity index (χ0v) is 6.60. The summed E-state index contributed by atoms with van der Waals surface area (Å²) in [6, 6.07) is 0. The standard InChI is InChI=1S/C9H13NO/c10-8-3-4-9-7(6-8)2-1-5-11-9/h6H,1-5,10H2. The average molecular weight is 151 g/mol. The summed E-state index contributed by atoms with van der Waals surface area (Å²) in [5, 5.41) is 0. The molecule has 0 aromatic rings. The Hall–Kier alpha value is -0.920. The Kier molecular flexibility index (Phi) is 1.60. The molecule has 2 rings (SSSR count). The smallest absolute Gasteiger partial charge is 0.0996 e. The molecule has 0 unspecified atom stereocenters. The highest BCUT2D eigenvalue weighted by Gasteiger charge is 2.16. The lowest BCUT2D eigenvalue weighted by atomic mass is 9.97. The molecule has 0 atom stereocenters. The Morgan fingerprint density at radius 3 is 3.09 bits per heavy atom. The third kappa shape index (κ3) is 1.25. The van der Waals surface area contributed by atoms with Crippen LogP contribution in [0.25, 0.3) is 0 Å². The summed E-state index contributed by atoms with van der Waals surface area (Å²) in [5.41, 5.74) is 8.06. The molecule has 0 saturated carbocycles. The molecule has 0 saturated heterocycles. The number of nitrogens with two attached hydrogens (primary N) is 1. The Bertz CT molecular complexity index is 228. The number of ether oxygens (including phenoxy) is 1. The summed E-state index contributed by atoms with van der Waals surface area (Å²) in [5.74, 6) is 1.19. The molecule has 0 bridgehead atoms. The second kappa shape index (κ2) is 2.61. The molecule has 1 aliphatic heterocycles. The van der Waals surface area contributed by atoms with Crippen LogP contribution < -0.4 is 5.73 Å². The van der Waals surface area contributed by atoms with Crippen LogP contribution in [0.5, 0.6) is 0 Å². The molecule has 2 aliphatic rings. The van der Waals surface area contributed by atoms with Gasteiger partial charge in [0.2, 0.25) is 0 Å². The van der Waals surface area contributed by atoms with Gasteiger partial charge in [-0.15, -0.1) is 0 Å². The molecule has 60 valence electrons. The third-order valence-electron chi connectivity index (χ3n) is 2.23. The van der Waals surface area contributed by atoms with Gasteiger partial charge in [-0.3, -0.25) is 0 Å². The Labute approximate surface area is 66.7 Å². The van der Waals surface area contributed by atoms with Crippen molar-refractivity contribution in [1.29, 1.82) is 0 Å². The van der Waals surface area contributed by atoms with Crippen LogP contribution in [0, 0.1) is 0 Å². The van der Waals surface area contributed by atoms with Crippen molar-refractivity contribution >= 4 is 0 Å². The quantitative estimate of drug-likeness (QED) is 0.571. The van der Waals surface area contributed by atoms with E-state index in [4.69, 9.17) is 10.5 Å². The topological polar surface area (TPSA) is 35.2 Å². The van der Waals surface area contributed by atoms with E-state index in [1.807, 2.05) is 0 Å². The lowest BCUT2D eigenvalue weighted by Crippen LogP contribution is -2.12. The van der Waals surface area contributed by atoms with E-state index >= 15 is 0 Å². The van der Waals surface area contributed by atoms with Gasteiger partial charge in [-0.05, 0) is 30.9 Å². The molecule has 0 radical (unpaired) electrons. The second-order valence-corrected chi connectivity index (χ2v) is 3.12. The summed E-state index contributed by atoms with van der Waals surface area (Å²) in [4.78, 5) is 0. The van der Waals surface area contributed by atoms with Gasteiger partial charge in [-0.25, -0.2) is 0 Å². The molecule has 0 fully saturated rings. The van der Waals surface area contributed by atoms with Crippen molar-refractivity contribution in [3.8, 4) is 0 Å². The largest absolute Gasteiger partial charge is 0.498 e. The normalized spacial score (nSPS) is 23.8. The fourth-order valence-electron chi connectivity index (χ4n) is 1.63. The van der Waals surface area contributed by atoms with Gasteiger partial charge >= 0.3 is 0 Å². The molecule has 2 N–H and O–H groups in total. The molecule has 0 amide bonds. The molecule has 11 heavy (non-hydrogen) atoms. The Balaban J connectivity index is 2.25. The molecular weight excluding hydrogens is 138 g/mol. The molecule has 2 nitrogen and oxygen atoms in total. The van der Waals surface area contributed by atoms with E-state index in [1.54, 1.807) is 0 Å². The minimum atomic E-state index is 0.895. The Morgan fingerprint density at radius 2 is 2.18 bits per heavy atom. The van der Waals surface area contributed by atoms with Crippen molar-refractivity contribution in [2.24, 2.45) is 5.73 Å². The lowest BCUT2D eigenvalue weighted by molar-refractivity contribution is 0.178. The molecule has 2 heteroatoms. The SMILES string of the molecule is NC1=CC2=C(CC1)OCCC2. The molecule has 0 aromatic carbocycles. The van der Waals surface area contributed by atoms with Crippen LogP contribution in [-0.4, -0.2) is 6.61 Å². The Morgan fingerprint density at radius 1 is 1.27 bits per heavy atom. The van der Waals surface area contributed by atoms with Crippen molar-refractivity contribution in [2.75, 3.05) is 6.61 Å². The van der Waals surface area contributed by atoms with Crippen LogP contribution in [0.2, 0.25) is 0 Å². The predicted octanol–water partition coefficient (Wildman–Crippen LogP) is 1.69. The van der Waals surface area contributed by atoms with E-state index in [1.165, 1.54) is 11.3 Å². The van der Waals surface area contributed by atoms with Gasteiger partial charge < -0.3 is 10.5 Å². The second-order valence-electron chi connectivity index (χ2n) is 3.12. The van der Waals surface area contributed by atoms with Crippen molar-refractivity contribution in [3.05, 3.63) is 23.1 Å². The number of rotatable bonds is 0. The highest BCUT2D eigenvalue weighted by Crippen LogP contribution is 2.28. The molecular formula is C9H13NO. The first-order valence-electron chi connectivity index (χ1n) is 4.17. The minimum absolute atomic E-state index is 0.895. The first-order chi connectivity index (χ1) is 5.36. The first kappa shape index (κ1) is 6.77. The summed E-state index contributed by atoms with van der Waals surface area (Å²) < 4.78 is 5.51. The predicted molar refractivity (Wildman–Crippen MR) is 43.7 cm³/mol. The van der Waals surface area contributed by atoms with Crippen LogP contribution in [0.4, 0.5) is 0 Å². The highest BCUT2D eigenvalue weighted by molar-refractivity contribution is 5.30. The maximum atomic E-state index is 5.71. The van der Waals surface area contributed by atoms with E-state index in [2.05, 4.69) is 6.08 Å². The minimum Gasteiger partial charge on any atom is -0.498 e. The fourth-order valence-corrected chi connectivity index (χ4v) is 1.63. The third-order valence-corrected chi connectivity index (χ3v) is 2.23. The summed E-state index contributed by atoms with van der Waals surface area (Å²) in [6.45, 7) is 0.895. The maximum absolute atomic E-state index is 5.71. The number of hydrogen-bond acceptors (Lipinski definition) is 2. The zero-order valence-electron chi connectivity index (χ0n) is 6.60. The average Bonchev–Trinajstić information content (AvgIpc) is 2.04. The van der Waals surface area contributed by atoms with Crippen LogP contribution in [0.1, 0.15) is 25.7 Å². The van der Waals surface area contributed by atoms with Crippen molar-refractivity contribution < 1.29 is 4.74 Å². The van der Waals surface area contributed by atoms with Crippen molar-refractivity contribution in [1.82, 2.24) is 0 Å². The van der Waals surface area contributed by atoms with E-state index in [-0.39, 0.29) is 0 Å². The van der Waals surface area contributed by atoms with E-state index < -0.39 is 0 Å². The van der Waals surface area contributed by atoms with E-state index in [0.717, 1.165) is 38.0 Å². The van der Waals surface area contributed by atoms with Gasteiger partial charge in [-0.1, -0.05) is 0 Å². The van der Waals surface area contributed by atoms with E-state index in [9.17, 15) is 0 Å². The number of hydrogen-bond donors (Lipinski definition) is 1. The molecule has 0 aromatic heterocycles. The lowest BCUT2D eigenvalue weighted by Gasteiger charge is -2.23. The van der Waals surface area contributed by atoms with Gasteiger partial charge in [0.25, 0.3) is 0 Å². The first-order valence-corrected chi connectivity index (χ1v) is 4.17. The van der Waals surface area contributed by atoms with Crippen LogP contribution in [0.3, 0.4) is 0 Å².